The fourth-order valence-electron chi connectivity index (χ4n) is 4.44. The van der Waals surface area contributed by atoms with E-state index in [0.29, 0.717) is 16.9 Å². The smallest absolute Gasteiger partial charge is 0.450 e. The van der Waals surface area contributed by atoms with E-state index in [-0.39, 0.29) is 11.0 Å². The van der Waals surface area contributed by atoms with Gasteiger partial charge in [-0.15, -0.1) is 13.2 Å². The van der Waals surface area contributed by atoms with Gasteiger partial charge < -0.3 is 9.15 Å². The van der Waals surface area contributed by atoms with Gasteiger partial charge in [0.2, 0.25) is 5.82 Å². The van der Waals surface area contributed by atoms with Crippen LogP contribution in [-0.2, 0) is 0 Å². The zero-order valence-electron chi connectivity index (χ0n) is 16.0. The highest BCUT2D eigenvalue weighted by atomic mass is 19.4. The maximum atomic E-state index is 15.2. The summed E-state index contributed by atoms with van der Waals surface area (Å²) in [6.07, 6.45) is 3.58. The average Bonchev–Trinajstić information content (AvgIpc) is 3.42. The Morgan fingerprint density at radius 2 is 1.60 bits per heavy atom. The molecule has 0 bridgehead atoms. The first-order valence-corrected chi connectivity index (χ1v) is 10.1. The van der Waals surface area contributed by atoms with Crippen LogP contribution in [0.1, 0.15) is 44.1 Å². The van der Waals surface area contributed by atoms with Crippen molar-refractivity contribution in [2.24, 2.45) is 11.8 Å². The lowest BCUT2D eigenvalue weighted by atomic mass is 9.83. The van der Waals surface area contributed by atoms with Gasteiger partial charge in [0, 0.05) is 16.3 Å². The molecule has 30 heavy (non-hydrogen) atoms. The molecule has 1 fully saturated rings. The molecule has 1 unspecified atom stereocenters. The van der Waals surface area contributed by atoms with E-state index in [1.807, 2.05) is 0 Å². The molecule has 1 aromatic heterocycles. The molecule has 0 saturated heterocycles. The van der Waals surface area contributed by atoms with Gasteiger partial charge in [0.15, 0.2) is 22.7 Å². The number of fused-ring (bicyclic) bond motifs is 3. The van der Waals surface area contributed by atoms with Crippen LogP contribution in [0.5, 0.6) is 5.75 Å². The molecule has 0 aliphatic heterocycles. The highest BCUT2D eigenvalue weighted by Crippen LogP contribution is 2.43. The molecule has 0 spiro atoms. The largest absolute Gasteiger partial charge is 0.573 e. The van der Waals surface area contributed by atoms with Gasteiger partial charge in [0.05, 0.1) is 0 Å². The Kier molecular flexibility index (Phi) is 4.52. The van der Waals surface area contributed by atoms with Crippen molar-refractivity contribution < 1.29 is 31.1 Å². The molecule has 158 valence electrons. The van der Waals surface area contributed by atoms with Crippen LogP contribution in [0.15, 0.2) is 34.8 Å². The van der Waals surface area contributed by atoms with Crippen molar-refractivity contribution in [3.63, 3.8) is 0 Å². The van der Waals surface area contributed by atoms with Crippen LogP contribution in [0, 0.1) is 23.5 Å². The summed E-state index contributed by atoms with van der Waals surface area (Å²) in [5.74, 6) is -1.43. The standard InChI is InChI=1S/C23H19F5O2/c24-19-15(14-5-3-13(4-6-14)11-12-1-2-12)7-8-16-17-9-10-18(30-23(26,27)28)20(25)22(17)29-21(16)19/h5,7-10,12-13H,1-4,6,11H2. The lowest BCUT2D eigenvalue weighted by molar-refractivity contribution is -0.275. The molecule has 0 amide bonds. The van der Waals surface area contributed by atoms with Crippen molar-refractivity contribution in [2.45, 2.75) is 44.9 Å². The molecular formula is C23H19F5O2. The van der Waals surface area contributed by atoms with Gasteiger partial charge in [-0.25, -0.2) is 4.39 Å². The number of hydrogen-bond acceptors (Lipinski definition) is 2. The van der Waals surface area contributed by atoms with Gasteiger partial charge in [0.25, 0.3) is 0 Å². The molecular weight excluding hydrogens is 403 g/mol. The monoisotopic (exact) mass is 422 g/mol. The number of ether oxygens (including phenoxy) is 1. The van der Waals surface area contributed by atoms with Crippen molar-refractivity contribution >= 4 is 27.5 Å². The Morgan fingerprint density at radius 1 is 0.900 bits per heavy atom. The molecule has 3 aromatic rings. The maximum Gasteiger partial charge on any atom is 0.573 e. The van der Waals surface area contributed by atoms with Crippen LogP contribution < -0.4 is 4.74 Å². The molecule has 0 N–H and O–H groups in total. The fourth-order valence-corrected chi connectivity index (χ4v) is 4.44. The van der Waals surface area contributed by atoms with Crippen LogP contribution in [0.4, 0.5) is 22.0 Å². The highest BCUT2D eigenvalue weighted by molar-refractivity contribution is 6.06. The van der Waals surface area contributed by atoms with Crippen molar-refractivity contribution in [3.8, 4) is 5.75 Å². The topological polar surface area (TPSA) is 22.4 Å². The van der Waals surface area contributed by atoms with Crippen LogP contribution in [0.3, 0.4) is 0 Å². The van der Waals surface area contributed by atoms with Gasteiger partial charge in [-0.1, -0.05) is 25.0 Å². The summed E-state index contributed by atoms with van der Waals surface area (Å²) < 4.78 is 76.2. The molecule has 1 atom stereocenters. The second kappa shape index (κ2) is 7.00. The molecule has 5 rings (SSSR count). The van der Waals surface area contributed by atoms with Crippen LogP contribution >= 0.6 is 0 Å². The first-order valence-electron chi connectivity index (χ1n) is 10.1. The third-order valence-electron chi connectivity index (χ3n) is 6.11. The molecule has 2 nitrogen and oxygen atoms in total. The average molecular weight is 422 g/mol. The van der Waals surface area contributed by atoms with E-state index >= 15 is 4.39 Å². The van der Waals surface area contributed by atoms with E-state index in [2.05, 4.69) is 10.8 Å². The second-order valence-electron chi connectivity index (χ2n) is 8.26. The molecule has 1 saturated carbocycles. The number of hydrogen-bond donors (Lipinski definition) is 0. The Hall–Kier alpha value is -2.57. The van der Waals surface area contributed by atoms with E-state index in [1.165, 1.54) is 25.3 Å². The molecule has 0 radical (unpaired) electrons. The van der Waals surface area contributed by atoms with E-state index in [9.17, 15) is 17.6 Å². The van der Waals surface area contributed by atoms with Gasteiger partial charge in [0.1, 0.15) is 0 Å². The second-order valence-corrected chi connectivity index (χ2v) is 8.26. The lowest BCUT2D eigenvalue weighted by Gasteiger charge is -2.22. The number of alkyl halides is 3. The van der Waals surface area contributed by atoms with Gasteiger partial charge in [-0.3, -0.25) is 0 Å². The van der Waals surface area contributed by atoms with Crippen molar-refractivity contribution in [3.05, 3.63) is 47.5 Å². The van der Waals surface area contributed by atoms with Gasteiger partial charge in [-0.05, 0) is 61.3 Å². The summed E-state index contributed by atoms with van der Waals surface area (Å²) >= 11 is 0. The van der Waals surface area contributed by atoms with Crippen molar-refractivity contribution in [2.75, 3.05) is 0 Å². The van der Waals surface area contributed by atoms with E-state index < -0.39 is 29.3 Å². The molecule has 2 aromatic carbocycles. The first kappa shape index (κ1) is 19.4. The van der Waals surface area contributed by atoms with E-state index in [0.717, 1.165) is 36.8 Å². The first-order chi connectivity index (χ1) is 14.3. The minimum Gasteiger partial charge on any atom is -0.450 e. The van der Waals surface area contributed by atoms with Crippen LogP contribution in [-0.4, -0.2) is 6.36 Å². The summed E-state index contributed by atoms with van der Waals surface area (Å²) in [5, 5.41) is 0.510. The van der Waals surface area contributed by atoms with Crippen LogP contribution in [0.2, 0.25) is 0 Å². The number of furan rings is 1. The molecule has 2 aliphatic carbocycles. The zero-order chi connectivity index (χ0) is 21.0. The van der Waals surface area contributed by atoms with Gasteiger partial charge in [-0.2, -0.15) is 4.39 Å². The van der Waals surface area contributed by atoms with Crippen molar-refractivity contribution in [1.29, 1.82) is 0 Å². The predicted octanol–water partition coefficient (Wildman–Crippen LogP) is 7.75. The van der Waals surface area contributed by atoms with Crippen molar-refractivity contribution in [1.82, 2.24) is 0 Å². The van der Waals surface area contributed by atoms with Gasteiger partial charge >= 0.3 is 6.36 Å². The summed E-state index contributed by atoms with van der Waals surface area (Å²) in [6.45, 7) is 0. The quantitative estimate of drug-likeness (QED) is 0.401. The van der Waals surface area contributed by atoms with E-state index in [1.54, 1.807) is 12.1 Å². The fraction of sp³-hybridized carbons (Fsp3) is 0.391. The number of halogens is 5. The Bertz CT molecular complexity index is 1150. The molecule has 1 heterocycles. The Balaban J connectivity index is 1.51. The summed E-state index contributed by atoms with van der Waals surface area (Å²) in [4.78, 5) is 0. The third kappa shape index (κ3) is 3.55. The van der Waals surface area contributed by atoms with E-state index in [4.69, 9.17) is 4.42 Å². The van der Waals surface area contributed by atoms with Crippen LogP contribution in [0.25, 0.3) is 27.5 Å². The summed E-state index contributed by atoms with van der Waals surface area (Å²) in [6, 6.07) is 5.38. The number of benzene rings is 2. The summed E-state index contributed by atoms with van der Waals surface area (Å²) in [5.41, 5.74) is 0.679. The normalized spacial score (nSPS) is 20.0. The Labute approximate surface area is 169 Å². The SMILES string of the molecule is Fc1c(OC(F)(F)F)ccc2c1oc1c(F)c(C3=CCC(CC4CC4)CC3)ccc12. The number of rotatable bonds is 4. The molecule has 2 aliphatic rings. The predicted molar refractivity (Wildman–Crippen MR) is 103 cm³/mol. The minimum atomic E-state index is -5.04. The maximum absolute atomic E-state index is 15.2. The minimum absolute atomic E-state index is 0.161. The molecule has 7 heteroatoms. The lowest BCUT2D eigenvalue weighted by Crippen LogP contribution is -2.17. The number of allylic oxidation sites excluding steroid dienone is 2. The Morgan fingerprint density at radius 3 is 2.23 bits per heavy atom. The zero-order valence-corrected chi connectivity index (χ0v) is 16.0. The summed E-state index contributed by atoms with van der Waals surface area (Å²) in [7, 11) is 0. The third-order valence-corrected chi connectivity index (χ3v) is 6.11. The highest BCUT2D eigenvalue weighted by Gasteiger charge is 2.33.